The Balaban J connectivity index is 0.000000228. The summed E-state index contributed by atoms with van der Waals surface area (Å²) >= 11 is 7.07. The average Bonchev–Trinajstić information content (AvgIpc) is 2.99. The molecule has 26 heavy (non-hydrogen) atoms. The molecule has 0 aromatic carbocycles. The number of nitrogens with zero attached hydrogens (tertiary/aromatic N) is 2. The van der Waals surface area contributed by atoms with Crippen molar-refractivity contribution >= 4 is 45.9 Å². The van der Waals surface area contributed by atoms with Crippen LogP contribution in [0.15, 0.2) is 18.5 Å². The van der Waals surface area contributed by atoms with Gasteiger partial charge in [0, 0.05) is 31.2 Å². The molecule has 4 N–H and O–H groups in total. The first kappa shape index (κ1) is 20.2. The van der Waals surface area contributed by atoms with Gasteiger partial charge in [0.25, 0.3) is 5.91 Å². The van der Waals surface area contributed by atoms with Crippen molar-refractivity contribution in [3.63, 3.8) is 0 Å². The third-order valence-corrected chi connectivity index (χ3v) is 5.37. The molecule has 0 spiro atoms. The molecule has 9 heteroatoms. The van der Waals surface area contributed by atoms with Crippen LogP contribution in [0, 0.1) is 0 Å². The van der Waals surface area contributed by atoms with E-state index in [1.54, 1.807) is 12.4 Å². The maximum atomic E-state index is 11.4. The van der Waals surface area contributed by atoms with Crippen molar-refractivity contribution in [2.75, 3.05) is 30.8 Å². The Hall–Kier alpha value is -2.16. The van der Waals surface area contributed by atoms with Gasteiger partial charge < -0.3 is 16.4 Å². The van der Waals surface area contributed by atoms with Gasteiger partial charge in [-0.3, -0.25) is 19.5 Å². The lowest BCUT2D eigenvalue weighted by atomic mass is 10.0. The lowest BCUT2D eigenvalue weighted by Crippen LogP contribution is -2.30. The molecule has 1 aliphatic rings. The largest absolute Gasteiger partial charge is 0.387 e. The first-order chi connectivity index (χ1) is 12.5. The van der Waals surface area contributed by atoms with Crippen molar-refractivity contribution < 1.29 is 9.59 Å². The van der Waals surface area contributed by atoms with Gasteiger partial charge in [0.2, 0.25) is 6.41 Å². The highest BCUT2D eigenvalue weighted by Crippen LogP contribution is 2.36. The molecule has 0 radical (unpaired) electrons. The van der Waals surface area contributed by atoms with E-state index in [9.17, 15) is 9.59 Å². The fourth-order valence-corrected chi connectivity index (χ4v) is 4.12. The number of hydrogen-bond acceptors (Lipinski definition) is 6. The Morgan fingerprint density at radius 2 is 2.27 bits per heavy atom. The zero-order valence-electron chi connectivity index (χ0n) is 14.7. The summed E-state index contributed by atoms with van der Waals surface area (Å²) in [5.41, 5.74) is 7.82. The average molecular weight is 396 g/mol. The van der Waals surface area contributed by atoms with E-state index in [1.807, 2.05) is 13.1 Å². The normalized spacial score (nSPS) is 13.2. The molecule has 0 saturated heterocycles. The van der Waals surface area contributed by atoms with Crippen LogP contribution in [0.2, 0.25) is 5.02 Å². The summed E-state index contributed by atoms with van der Waals surface area (Å²) in [6.07, 6.45) is 4.72. The second kappa shape index (κ2) is 9.51. The Labute approximate surface area is 161 Å². The second-order valence-electron chi connectivity index (χ2n) is 5.59. The molecule has 1 aliphatic heterocycles. The molecule has 0 aliphatic carbocycles. The monoisotopic (exact) mass is 395 g/mol. The summed E-state index contributed by atoms with van der Waals surface area (Å²) in [7, 11) is 1.83. The predicted molar refractivity (Wildman–Crippen MR) is 106 cm³/mol. The topological polar surface area (TPSA) is 100 Å². The molecule has 3 rings (SSSR count). The quantitative estimate of drug-likeness (QED) is 0.675. The zero-order valence-corrected chi connectivity index (χ0v) is 16.3. The number of halogens is 1. The van der Waals surface area contributed by atoms with E-state index in [0.29, 0.717) is 22.0 Å². The van der Waals surface area contributed by atoms with Crippen molar-refractivity contribution in [2.45, 2.75) is 19.9 Å². The van der Waals surface area contributed by atoms with Crippen molar-refractivity contribution in [1.29, 1.82) is 0 Å². The van der Waals surface area contributed by atoms with Crippen LogP contribution in [0.3, 0.4) is 0 Å². The first-order valence-corrected chi connectivity index (χ1v) is 9.34. The number of carbonyl (C=O) groups excluding carboxylic acids is 2. The molecular weight excluding hydrogens is 374 g/mol. The SMILES string of the molecule is CCN1CCc2c(sc(NC=O)c2C(N)=O)C1.CNc1cncc(Cl)c1. The molecule has 0 unspecified atom stereocenters. The van der Waals surface area contributed by atoms with Gasteiger partial charge in [-0.1, -0.05) is 18.5 Å². The molecule has 140 valence electrons. The number of nitrogens with one attached hydrogen (secondary N) is 2. The summed E-state index contributed by atoms with van der Waals surface area (Å²) in [4.78, 5) is 29.3. The smallest absolute Gasteiger partial charge is 0.251 e. The number of likely N-dealkylation sites (N-methyl/N-ethyl adjacent to an activating group) is 1. The number of hydrogen-bond donors (Lipinski definition) is 3. The predicted octanol–water partition coefficient (Wildman–Crippen LogP) is 2.57. The standard InChI is InChI=1S/C11H15N3O2S.C6H7ClN2/c1-2-14-4-3-7-8(5-14)17-11(13-6-15)9(7)10(12)16;1-8-6-2-5(7)3-9-4-6/h6H,2-5H2,1H3,(H2,12,16)(H,13,15);2-4,8H,1H3. The number of thiophene rings is 1. The van der Waals surface area contributed by atoms with E-state index in [4.69, 9.17) is 17.3 Å². The molecule has 2 aromatic rings. The fraction of sp³-hybridized carbons (Fsp3) is 0.353. The van der Waals surface area contributed by atoms with E-state index in [2.05, 4.69) is 27.4 Å². The summed E-state index contributed by atoms with van der Waals surface area (Å²) in [5.74, 6) is -0.461. The Kier molecular flexibility index (Phi) is 7.38. The second-order valence-corrected chi connectivity index (χ2v) is 7.14. The highest BCUT2D eigenvalue weighted by molar-refractivity contribution is 7.16. The van der Waals surface area contributed by atoms with Gasteiger partial charge in [-0.15, -0.1) is 11.3 Å². The van der Waals surface area contributed by atoms with E-state index in [0.717, 1.165) is 42.2 Å². The van der Waals surface area contributed by atoms with Gasteiger partial charge in [-0.25, -0.2) is 0 Å². The van der Waals surface area contributed by atoms with E-state index >= 15 is 0 Å². The summed E-state index contributed by atoms with van der Waals surface area (Å²) in [5, 5.41) is 6.72. The van der Waals surface area contributed by atoms with Crippen molar-refractivity contribution in [2.24, 2.45) is 5.73 Å². The number of carbonyl (C=O) groups is 2. The highest BCUT2D eigenvalue weighted by atomic mass is 35.5. The molecule has 3 heterocycles. The number of rotatable bonds is 5. The van der Waals surface area contributed by atoms with Gasteiger partial charge in [-0.05, 0) is 24.6 Å². The Morgan fingerprint density at radius 1 is 1.50 bits per heavy atom. The van der Waals surface area contributed by atoms with Gasteiger partial charge in [0.15, 0.2) is 0 Å². The van der Waals surface area contributed by atoms with Crippen LogP contribution in [-0.4, -0.2) is 42.3 Å². The van der Waals surface area contributed by atoms with E-state index < -0.39 is 5.91 Å². The lowest BCUT2D eigenvalue weighted by molar-refractivity contribution is -0.105. The number of aromatic nitrogens is 1. The minimum Gasteiger partial charge on any atom is -0.387 e. The van der Waals surface area contributed by atoms with Gasteiger partial charge in [0.05, 0.1) is 22.5 Å². The zero-order chi connectivity index (χ0) is 19.1. The van der Waals surface area contributed by atoms with Crippen molar-refractivity contribution in [3.05, 3.63) is 39.5 Å². The van der Waals surface area contributed by atoms with Gasteiger partial charge >= 0.3 is 0 Å². The van der Waals surface area contributed by atoms with Crippen LogP contribution in [-0.2, 0) is 17.8 Å². The number of anilines is 2. The van der Waals surface area contributed by atoms with Gasteiger partial charge in [-0.2, -0.15) is 0 Å². The molecule has 2 amide bonds. The number of nitrogens with two attached hydrogens (primary N) is 1. The third kappa shape index (κ3) is 4.94. The number of pyridine rings is 1. The van der Waals surface area contributed by atoms with Crippen LogP contribution in [0.4, 0.5) is 10.7 Å². The molecule has 7 nitrogen and oxygen atoms in total. The summed E-state index contributed by atoms with van der Waals surface area (Å²) in [6, 6.07) is 1.81. The Morgan fingerprint density at radius 3 is 2.81 bits per heavy atom. The lowest BCUT2D eigenvalue weighted by Gasteiger charge is -2.25. The highest BCUT2D eigenvalue weighted by Gasteiger charge is 2.26. The minimum absolute atomic E-state index is 0.461. The maximum Gasteiger partial charge on any atom is 0.251 e. The van der Waals surface area contributed by atoms with Gasteiger partial charge in [0.1, 0.15) is 5.00 Å². The van der Waals surface area contributed by atoms with Crippen LogP contribution in [0.25, 0.3) is 0 Å². The minimum atomic E-state index is -0.461. The van der Waals surface area contributed by atoms with E-state index in [1.165, 1.54) is 11.3 Å². The number of primary amides is 1. The molecule has 0 fully saturated rings. The van der Waals surface area contributed by atoms with Crippen LogP contribution >= 0.6 is 22.9 Å². The molecule has 2 aromatic heterocycles. The van der Waals surface area contributed by atoms with Crippen LogP contribution < -0.4 is 16.4 Å². The van der Waals surface area contributed by atoms with E-state index in [-0.39, 0.29) is 0 Å². The summed E-state index contributed by atoms with van der Waals surface area (Å²) in [6.45, 7) is 4.86. The Bertz CT molecular complexity index is 781. The summed E-state index contributed by atoms with van der Waals surface area (Å²) < 4.78 is 0. The molecule has 0 saturated carbocycles. The van der Waals surface area contributed by atoms with Crippen LogP contribution in [0.1, 0.15) is 27.7 Å². The fourth-order valence-electron chi connectivity index (χ4n) is 2.69. The maximum absolute atomic E-state index is 11.4. The van der Waals surface area contributed by atoms with Crippen LogP contribution in [0.5, 0.6) is 0 Å². The molecule has 0 bridgehead atoms. The number of amides is 2. The molecular formula is C17H22ClN5O2S. The molecule has 0 atom stereocenters. The first-order valence-electron chi connectivity index (χ1n) is 8.15. The van der Waals surface area contributed by atoms with Crippen molar-refractivity contribution in [1.82, 2.24) is 9.88 Å². The number of fused-ring (bicyclic) bond motifs is 1. The third-order valence-electron chi connectivity index (χ3n) is 4.01. The van der Waals surface area contributed by atoms with Crippen molar-refractivity contribution in [3.8, 4) is 0 Å².